The summed E-state index contributed by atoms with van der Waals surface area (Å²) < 4.78 is 10.4. The van der Waals surface area contributed by atoms with Crippen LogP contribution in [0.15, 0.2) is 48.5 Å². The summed E-state index contributed by atoms with van der Waals surface area (Å²) in [6, 6.07) is 11.6. The van der Waals surface area contributed by atoms with Gasteiger partial charge in [-0.25, -0.2) is 4.79 Å². The lowest BCUT2D eigenvalue weighted by Crippen LogP contribution is -2.50. The number of alkyl carbamates (subject to hydrolysis) is 1. The summed E-state index contributed by atoms with van der Waals surface area (Å²) in [6.07, 6.45) is -0.151. The van der Waals surface area contributed by atoms with Gasteiger partial charge in [0.05, 0.1) is 7.11 Å². The maximum Gasteiger partial charge on any atom is 0.408 e. The summed E-state index contributed by atoms with van der Waals surface area (Å²) in [5, 5.41) is 15.1. The monoisotopic (exact) mass is 485 g/mol. The van der Waals surface area contributed by atoms with Crippen molar-refractivity contribution in [2.75, 3.05) is 19.0 Å². The lowest BCUT2D eigenvalue weighted by molar-refractivity contribution is -0.140. The van der Waals surface area contributed by atoms with Gasteiger partial charge in [0.2, 0.25) is 5.91 Å². The van der Waals surface area contributed by atoms with Gasteiger partial charge in [0.15, 0.2) is 0 Å². The predicted molar refractivity (Wildman–Crippen MR) is 133 cm³/mol. The molecule has 0 aliphatic heterocycles. The normalized spacial score (nSPS) is 12.7. The zero-order valence-corrected chi connectivity index (χ0v) is 21.1. The van der Waals surface area contributed by atoms with Crippen molar-refractivity contribution in [2.24, 2.45) is 0 Å². The van der Waals surface area contributed by atoms with Crippen LogP contribution in [0, 0.1) is 0 Å². The van der Waals surface area contributed by atoms with Gasteiger partial charge in [-0.05, 0) is 76.1 Å². The number of hydrogen-bond donors (Lipinski definition) is 3. The molecule has 0 saturated carbocycles. The first-order valence-corrected chi connectivity index (χ1v) is 11.5. The van der Waals surface area contributed by atoms with Crippen molar-refractivity contribution in [3.05, 3.63) is 54.1 Å². The van der Waals surface area contributed by atoms with E-state index >= 15 is 0 Å². The number of phenols is 1. The second kappa shape index (κ2) is 12.1. The lowest BCUT2D eigenvalue weighted by Gasteiger charge is -2.36. The minimum Gasteiger partial charge on any atom is -0.508 e. The molecule has 0 saturated heterocycles. The van der Waals surface area contributed by atoms with E-state index in [-0.39, 0.29) is 18.3 Å². The Morgan fingerprint density at radius 2 is 1.63 bits per heavy atom. The zero-order valence-electron chi connectivity index (χ0n) is 21.1. The number of carbonyl (C=O) groups excluding carboxylic acids is 3. The number of hydrogen-bond acceptors (Lipinski definition) is 6. The Hall–Kier alpha value is -3.75. The summed E-state index contributed by atoms with van der Waals surface area (Å²) in [5.41, 5.74) is 0.332. The fourth-order valence-electron chi connectivity index (χ4n) is 3.37. The smallest absolute Gasteiger partial charge is 0.408 e. The SMILES string of the molecule is CCC(C)N(C(=O)CNC(=O)OC(C)(C)C)C(C(=O)Nc1ccc(OC)cc1)c1ccc(O)cc1. The molecule has 2 unspecified atom stereocenters. The maximum absolute atomic E-state index is 13.5. The number of methoxy groups -OCH3 is 1. The van der Waals surface area contributed by atoms with Gasteiger partial charge in [0, 0.05) is 11.7 Å². The third kappa shape index (κ3) is 8.20. The number of anilines is 1. The molecule has 3 N–H and O–H groups in total. The topological polar surface area (TPSA) is 117 Å². The van der Waals surface area contributed by atoms with Crippen molar-refractivity contribution >= 4 is 23.6 Å². The summed E-state index contributed by atoms with van der Waals surface area (Å²) in [6.45, 7) is 8.57. The summed E-state index contributed by atoms with van der Waals surface area (Å²) in [7, 11) is 1.55. The van der Waals surface area contributed by atoms with Crippen LogP contribution in [0.5, 0.6) is 11.5 Å². The van der Waals surface area contributed by atoms with E-state index in [2.05, 4.69) is 10.6 Å². The van der Waals surface area contributed by atoms with Crippen molar-refractivity contribution in [1.29, 1.82) is 0 Å². The van der Waals surface area contributed by atoms with Crippen LogP contribution < -0.4 is 15.4 Å². The van der Waals surface area contributed by atoms with Crippen LogP contribution in [0.4, 0.5) is 10.5 Å². The van der Waals surface area contributed by atoms with Gasteiger partial charge in [-0.1, -0.05) is 19.1 Å². The molecule has 0 fully saturated rings. The third-order valence-corrected chi connectivity index (χ3v) is 5.23. The Bertz CT molecular complexity index is 999. The van der Waals surface area contributed by atoms with E-state index in [9.17, 15) is 19.5 Å². The fraction of sp³-hybridized carbons (Fsp3) is 0.423. The predicted octanol–water partition coefficient (Wildman–Crippen LogP) is 4.23. The number of benzene rings is 2. The van der Waals surface area contributed by atoms with Crippen molar-refractivity contribution in [3.63, 3.8) is 0 Å². The van der Waals surface area contributed by atoms with Crippen LogP contribution in [0.2, 0.25) is 0 Å². The number of ether oxygens (including phenoxy) is 2. The number of nitrogens with one attached hydrogen (secondary N) is 2. The Labute approximate surface area is 206 Å². The molecular formula is C26H35N3O6. The average Bonchev–Trinajstić information content (AvgIpc) is 2.80. The van der Waals surface area contributed by atoms with Gasteiger partial charge >= 0.3 is 6.09 Å². The van der Waals surface area contributed by atoms with E-state index < -0.39 is 29.6 Å². The van der Waals surface area contributed by atoms with E-state index in [0.717, 1.165) is 0 Å². The molecule has 9 nitrogen and oxygen atoms in total. The van der Waals surface area contributed by atoms with Crippen LogP contribution in [0.3, 0.4) is 0 Å². The largest absolute Gasteiger partial charge is 0.508 e. The number of carbonyl (C=O) groups is 3. The highest BCUT2D eigenvalue weighted by molar-refractivity contribution is 5.98. The van der Waals surface area contributed by atoms with Gasteiger partial charge in [0.25, 0.3) is 5.91 Å². The van der Waals surface area contributed by atoms with Gasteiger partial charge in [-0.2, -0.15) is 0 Å². The van der Waals surface area contributed by atoms with Crippen LogP contribution in [-0.2, 0) is 14.3 Å². The molecule has 0 aliphatic rings. The van der Waals surface area contributed by atoms with Gasteiger partial charge in [0.1, 0.15) is 29.7 Å². The molecule has 0 bridgehead atoms. The van der Waals surface area contributed by atoms with Crippen LogP contribution in [0.25, 0.3) is 0 Å². The van der Waals surface area contributed by atoms with E-state index in [4.69, 9.17) is 9.47 Å². The van der Waals surface area contributed by atoms with Gasteiger partial charge in [-0.15, -0.1) is 0 Å². The number of phenolic OH excluding ortho intramolecular Hbond substituents is 1. The second-order valence-corrected chi connectivity index (χ2v) is 9.13. The molecule has 3 amide bonds. The number of rotatable bonds is 9. The molecule has 0 spiro atoms. The molecule has 2 rings (SSSR count). The summed E-state index contributed by atoms with van der Waals surface area (Å²) in [5.74, 6) is -0.210. The van der Waals surface area contributed by atoms with E-state index in [0.29, 0.717) is 23.4 Å². The lowest BCUT2D eigenvalue weighted by atomic mass is 10.0. The Balaban J connectivity index is 2.36. The van der Waals surface area contributed by atoms with Crippen molar-refractivity contribution in [2.45, 2.75) is 58.7 Å². The first-order chi connectivity index (χ1) is 16.4. The molecule has 190 valence electrons. The number of aromatic hydroxyl groups is 1. The Morgan fingerprint density at radius 1 is 1.03 bits per heavy atom. The molecule has 0 radical (unpaired) electrons. The van der Waals surface area contributed by atoms with Gasteiger partial charge < -0.3 is 30.1 Å². The van der Waals surface area contributed by atoms with Crippen LogP contribution in [0.1, 0.15) is 52.6 Å². The average molecular weight is 486 g/mol. The first kappa shape index (κ1) is 27.5. The quantitative estimate of drug-likeness (QED) is 0.489. The molecular weight excluding hydrogens is 450 g/mol. The molecule has 0 aliphatic carbocycles. The number of nitrogens with zero attached hydrogens (tertiary/aromatic N) is 1. The maximum atomic E-state index is 13.5. The van der Waals surface area contributed by atoms with E-state index in [1.807, 2.05) is 13.8 Å². The fourth-order valence-corrected chi connectivity index (χ4v) is 3.37. The highest BCUT2D eigenvalue weighted by Gasteiger charge is 2.34. The van der Waals surface area contributed by atoms with Crippen LogP contribution >= 0.6 is 0 Å². The van der Waals surface area contributed by atoms with E-state index in [1.165, 1.54) is 17.0 Å². The standard InChI is InChI=1S/C26H35N3O6/c1-7-17(2)29(22(31)16-27-25(33)35-26(3,4)5)23(18-8-12-20(30)13-9-18)24(32)28-19-10-14-21(34-6)15-11-19/h8-15,17,23,30H,7,16H2,1-6H3,(H,27,33)(H,28,32). The van der Waals surface area contributed by atoms with Crippen LogP contribution in [-0.4, -0.2) is 53.2 Å². The minimum atomic E-state index is -1.01. The Kier molecular flexibility index (Phi) is 9.50. The zero-order chi connectivity index (χ0) is 26.2. The summed E-state index contributed by atoms with van der Waals surface area (Å²) >= 11 is 0. The van der Waals surface area contributed by atoms with Crippen molar-refractivity contribution < 1.29 is 29.0 Å². The number of amides is 3. The second-order valence-electron chi connectivity index (χ2n) is 9.13. The highest BCUT2D eigenvalue weighted by Crippen LogP contribution is 2.28. The Morgan fingerprint density at radius 3 is 2.14 bits per heavy atom. The van der Waals surface area contributed by atoms with Crippen molar-refractivity contribution in [3.8, 4) is 11.5 Å². The first-order valence-electron chi connectivity index (χ1n) is 11.5. The third-order valence-electron chi connectivity index (χ3n) is 5.23. The minimum absolute atomic E-state index is 0.0380. The molecule has 0 aromatic heterocycles. The molecule has 35 heavy (non-hydrogen) atoms. The molecule has 0 heterocycles. The molecule has 2 aromatic rings. The molecule has 2 aromatic carbocycles. The highest BCUT2D eigenvalue weighted by atomic mass is 16.6. The van der Waals surface area contributed by atoms with E-state index in [1.54, 1.807) is 64.3 Å². The molecule has 2 atom stereocenters. The van der Waals surface area contributed by atoms with Crippen molar-refractivity contribution in [1.82, 2.24) is 10.2 Å². The summed E-state index contributed by atoms with van der Waals surface area (Å²) in [4.78, 5) is 40.4. The van der Waals surface area contributed by atoms with Gasteiger partial charge in [-0.3, -0.25) is 9.59 Å². The molecule has 9 heteroatoms.